The second kappa shape index (κ2) is 4.57. The summed E-state index contributed by atoms with van der Waals surface area (Å²) in [5.74, 6) is 0.768. The average molecular weight is 180 g/mol. The SMILES string of the molecule is CCOC1=NC(=N)/C(=C\[NH2+]C)C=C1. The van der Waals surface area contributed by atoms with E-state index < -0.39 is 0 Å². The second-order valence-corrected chi connectivity index (χ2v) is 2.52. The molecule has 0 aromatic heterocycles. The molecule has 0 saturated carbocycles. The first kappa shape index (κ1) is 9.67. The molecule has 13 heavy (non-hydrogen) atoms. The zero-order valence-electron chi connectivity index (χ0n) is 7.87. The van der Waals surface area contributed by atoms with Gasteiger partial charge in [-0.05, 0) is 13.0 Å². The number of quaternary nitrogens is 1. The van der Waals surface area contributed by atoms with Gasteiger partial charge in [-0.3, -0.25) is 5.41 Å². The first-order valence-electron chi connectivity index (χ1n) is 4.26. The smallest absolute Gasteiger partial charge is 0.215 e. The Kier molecular flexibility index (Phi) is 3.40. The van der Waals surface area contributed by atoms with Crippen molar-refractivity contribution in [1.82, 2.24) is 0 Å². The molecule has 1 aliphatic heterocycles. The van der Waals surface area contributed by atoms with Gasteiger partial charge in [-0.25, -0.2) is 0 Å². The largest absolute Gasteiger partial charge is 0.478 e. The lowest BCUT2D eigenvalue weighted by molar-refractivity contribution is -0.556. The Hall–Kier alpha value is -1.42. The minimum Gasteiger partial charge on any atom is -0.478 e. The van der Waals surface area contributed by atoms with Gasteiger partial charge >= 0.3 is 0 Å². The van der Waals surface area contributed by atoms with Crippen molar-refractivity contribution in [1.29, 1.82) is 5.41 Å². The monoisotopic (exact) mass is 180 g/mol. The van der Waals surface area contributed by atoms with E-state index in [0.29, 0.717) is 12.5 Å². The number of dihydropyridines is 1. The summed E-state index contributed by atoms with van der Waals surface area (Å²) in [6.07, 6.45) is 5.46. The second-order valence-electron chi connectivity index (χ2n) is 2.52. The van der Waals surface area contributed by atoms with Gasteiger partial charge in [-0.1, -0.05) is 0 Å². The summed E-state index contributed by atoms with van der Waals surface area (Å²) < 4.78 is 5.16. The number of rotatable bonds is 2. The van der Waals surface area contributed by atoms with Crippen LogP contribution in [-0.4, -0.2) is 25.4 Å². The zero-order valence-corrected chi connectivity index (χ0v) is 7.87. The minimum absolute atomic E-state index is 0.254. The number of ether oxygens (including phenoxy) is 1. The van der Waals surface area contributed by atoms with Crippen LogP contribution in [0.1, 0.15) is 6.92 Å². The van der Waals surface area contributed by atoms with Crippen LogP contribution in [-0.2, 0) is 4.74 Å². The summed E-state index contributed by atoms with van der Waals surface area (Å²) in [7, 11) is 1.91. The van der Waals surface area contributed by atoms with Gasteiger partial charge in [-0.2, -0.15) is 4.99 Å². The van der Waals surface area contributed by atoms with Crippen molar-refractivity contribution in [2.75, 3.05) is 13.7 Å². The molecular formula is C9H14N3O+. The van der Waals surface area contributed by atoms with Crippen LogP contribution in [0.15, 0.2) is 28.9 Å². The van der Waals surface area contributed by atoms with Gasteiger partial charge in [0.05, 0.1) is 19.2 Å². The van der Waals surface area contributed by atoms with E-state index in [9.17, 15) is 0 Å². The number of hydrogen-bond acceptors (Lipinski definition) is 2. The maximum absolute atomic E-state index is 7.55. The molecular weight excluding hydrogens is 166 g/mol. The van der Waals surface area contributed by atoms with Crippen molar-refractivity contribution in [2.24, 2.45) is 4.99 Å². The van der Waals surface area contributed by atoms with Crippen LogP contribution >= 0.6 is 0 Å². The number of nitrogens with one attached hydrogen (secondary N) is 1. The van der Waals surface area contributed by atoms with Gasteiger partial charge in [0.15, 0.2) is 5.84 Å². The lowest BCUT2D eigenvalue weighted by Crippen LogP contribution is -2.73. The van der Waals surface area contributed by atoms with E-state index in [1.807, 2.05) is 31.6 Å². The fourth-order valence-electron chi connectivity index (χ4n) is 0.994. The highest BCUT2D eigenvalue weighted by Gasteiger charge is 2.09. The molecule has 0 aliphatic carbocycles. The van der Waals surface area contributed by atoms with Gasteiger partial charge in [0.1, 0.15) is 6.20 Å². The molecule has 0 atom stereocenters. The van der Waals surface area contributed by atoms with E-state index in [4.69, 9.17) is 10.1 Å². The van der Waals surface area contributed by atoms with Crippen molar-refractivity contribution < 1.29 is 10.1 Å². The summed E-state index contributed by atoms with van der Waals surface area (Å²) in [4.78, 5) is 3.97. The summed E-state index contributed by atoms with van der Waals surface area (Å²) in [6, 6.07) is 0. The number of hydrogen-bond donors (Lipinski definition) is 2. The van der Waals surface area contributed by atoms with E-state index in [1.54, 1.807) is 6.08 Å². The zero-order chi connectivity index (χ0) is 9.68. The van der Waals surface area contributed by atoms with E-state index >= 15 is 0 Å². The van der Waals surface area contributed by atoms with Crippen LogP contribution in [0.3, 0.4) is 0 Å². The van der Waals surface area contributed by atoms with Gasteiger partial charge in [-0.15, -0.1) is 0 Å². The number of nitrogens with two attached hydrogens (primary N) is 1. The molecule has 1 heterocycles. The Morgan fingerprint density at radius 3 is 2.92 bits per heavy atom. The van der Waals surface area contributed by atoms with Crippen LogP contribution < -0.4 is 5.32 Å². The fourth-order valence-corrected chi connectivity index (χ4v) is 0.994. The number of amidine groups is 1. The van der Waals surface area contributed by atoms with Crippen LogP contribution in [0, 0.1) is 5.41 Å². The van der Waals surface area contributed by atoms with E-state index in [-0.39, 0.29) is 5.84 Å². The topological polar surface area (TPSA) is 62.0 Å². The van der Waals surface area contributed by atoms with Crippen molar-refractivity contribution in [3.05, 3.63) is 23.9 Å². The molecule has 0 fully saturated rings. The molecule has 4 nitrogen and oxygen atoms in total. The Morgan fingerprint density at radius 2 is 2.38 bits per heavy atom. The molecule has 0 aromatic rings. The Bertz CT molecular complexity index is 289. The maximum atomic E-state index is 7.55. The third-order valence-corrected chi connectivity index (χ3v) is 1.54. The lowest BCUT2D eigenvalue weighted by atomic mass is 10.2. The standard InChI is InChI=1S/C9H13N3O/c1-3-13-8-5-4-7(6-11-2)9(10)12-8/h4-6,10-11H,3H2,1-2H3/p+1/b7-6-,10-9?. The van der Waals surface area contributed by atoms with Crippen molar-refractivity contribution in [2.45, 2.75) is 6.92 Å². The van der Waals surface area contributed by atoms with E-state index in [0.717, 1.165) is 5.57 Å². The first-order chi connectivity index (χ1) is 6.27. The molecule has 0 spiro atoms. The molecule has 1 aliphatic rings. The first-order valence-corrected chi connectivity index (χ1v) is 4.26. The molecule has 4 heteroatoms. The quantitative estimate of drug-likeness (QED) is 0.619. The predicted molar refractivity (Wildman–Crippen MR) is 51.9 cm³/mol. The Balaban J connectivity index is 2.73. The summed E-state index contributed by atoms with van der Waals surface area (Å²) >= 11 is 0. The Morgan fingerprint density at radius 1 is 1.62 bits per heavy atom. The Labute approximate surface area is 77.5 Å². The highest BCUT2D eigenvalue weighted by atomic mass is 16.5. The van der Waals surface area contributed by atoms with Crippen LogP contribution in [0.25, 0.3) is 0 Å². The molecule has 0 aromatic carbocycles. The third-order valence-electron chi connectivity index (χ3n) is 1.54. The highest BCUT2D eigenvalue weighted by molar-refractivity contribution is 6.10. The van der Waals surface area contributed by atoms with Gasteiger partial charge in [0, 0.05) is 6.08 Å². The fraction of sp³-hybridized carbons (Fsp3) is 0.333. The van der Waals surface area contributed by atoms with Crippen molar-refractivity contribution in [3.63, 3.8) is 0 Å². The summed E-state index contributed by atoms with van der Waals surface area (Å²) in [5.41, 5.74) is 0.811. The lowest BCUT2D eigenvalue weighted by Gasteiger charge is -2.08. The molecule has 70 valence electrons. The molecule has 3 N–H and O–H groups in total. The molecule has 0 amide bonds. The van der Waals surface area contributed by atoms with Crippen LogP contribution in [0.4, 0.5) is 0 Å². The highest BCUT2D eigenvalue weighted by Crippen LogP contribution is 2.06. The summed E-state index contributed by atoms with van der Waals surface area (Å²) in [5, 5.41) is 9.44. The molecule has 0 radical (unpaired) electrons. The van der Waals surface area contributed by atoms with Gasteiger partial charge < -0.3 is 10.1 Å². The van der Waals surface area contributed by atoms with Crippen LogP contribution in [0.5, 0.6) is 0 Å². The van der Waals surface area contributed by atoms with Crippen molar-refractivity contribution >= 4 is 11.7 Å². The van der Waals surface area contributed by atoms with Gasteiger partial charge in [0.2, 0.25) is 5.90 Å². The predicted octanol–water partition coefficient (Wildman–Crippen LogP) is 0.0456. The third kappa shape index (κ3) is 2.52. The molecule has 0 bridgehead atoms. The summed E-state index contributed by atoms with van der Waals surface area (Å²) in [6.45, 7) is 2.47. The molecule has 1 rings (SSSR count). The number of nitrogens with zero attached hydrogens (tertiary/aromatic N) is 1. The van der Waals surface area contributed by atoms with Gasteiger partial charge in [0.25, 0.3) is 0 Å². The normalized spacial score (nSPS) is 19.1. The average Bonchev–Trinajstić information content (AvgIpc) is 2.10. The molecule has 0 saturated heterocycles. The van der Waals surface area contributed by atoms with Crippen molar-refractivity contribution in [3.8, 4) is 0 Å². The van der Waals surface area contributed by atoms with E-state index in [2.05, 4.69) is 4.99 Å². The maximum Gasteiger partial charge on any atom is 0.215 e. The number of aliphatic imine (C=N–C) groups is 1. The minimum atomic E-state index is 0.254. The molecule has 0 unspecified atom stereocenters. The van der Waals surface area contributed by atoms with Crippen LogP contribution in [0.2, 0.25) is 0 Å². The van der Waals surface area contributed by atoms with E-state index in [1.165, 1.54) is 0 Å².